The van der Waals surface area contributed by atoms with Gasteiger partial charge >= 0.3 is 5.97 Å². The molecule has 35 heavy (non-hydrogen) atoms. The smallest absolute Gasteiger partial charge is 0.342 e. The summed E-state index contributed by atoms with van der Waals surface area (Å²) in [7, 11) is 0. The molecule has 0 saturated heterocycles. The van der Waals surface area contributed by atoms with Crippen LogP contribution in [0.15, 0.2) is 85.1 Å². The summed E-state index contributed by atoms with van der Waals surface area (Å²) in [6.07, 6.45) is 1.36. The highest BCUT2D eigenvalue weighted by Crippen LogP contribution is 2.22. The second-order valence-corrected chi connectivity index (χ2v) is 7.60. The van der Waals surface area contributed by atoms with Crippen LogP contribution in [-0.2, 0) is 16.1 Å². The summed E-state index contributed by atoms with van der Waals surface area (Å²) in [5.41, 5.74) is 3.14. The molecule has 0 spiro atoms. The molecule has 1 N–H and O–H groups in total. The fourth-order valence-corrected chi connectivity index (χ4v) is 3.38. The van der Waals surface area contributed by atoms with E-state index in [1.165, 1.54) is 10.9 Å². The zero-order chi connectivity index (χ0) is 24.6. The molecule has 1 aromatic heterocycles. The maximum atomic E-state index is 12.7. The first-order valence-electron chi connectivity index (χ1n) is 10.8. The van der Waals surface area contributed by atoms with E-state index in [4.69, 9.17) is 9.47 Å². The fraction of sp³-hybridized carbons (Fsp3) is 0.111. The molecule has 0 bridgehead atoms. The van der Waals surface area contributed by atoms with Gasteiger partial charge in [0, 0.05) is 0 Å². The van der Waals surface area contributed by atoms with Crippen LogP contribution < -0.4 is 10.1 Å². The summed E-state index contributed by atoms with van der Waals surface area (Å²) in [6, 6.07) is 25.6. The number of hydrogen-bond acceptors (Lipinski definition) is 6. The van der Waals surface area contributed by atoms with E-state index >= 15 is 0 Å². The Morgan fingerprint density at radius 1 is 1.00 bits per heavy atom. The summed E-state index contributed by atoms with van der Waals surface area (Å²) in [5.74, 6) is -0.750. The van der Waals surface area contributed by atoms with E-state index in [9.17, 15) is 14.9 Å². The Kier molecular flexibility index (Phi) is 7.19. The topological polar surface area (TPSA) is 106 Å². The van der Waals surface area contributed by atoms with E-state index in [1.54, 1.807) is 36.4 Å². The predicted octanol–water partition coefficient (Wildman–Crippen LogP) is 4.43. The number of esters is 1. The number of para-hydroxylation sites is 2. The summed E-state index contributed by atoms with van der Waals surface area (Å²) in [5, 5.41) is 16.2. The first-order chi connectivity index (χ1) is 17.1. The number of nitrogens with one attached hydrogen (secondary N) is 1. The molecule has 0 aliphatic carbocycles. The summed E-state index contributed by atoms with van der Waals surface area (Å²) in [4.78, 5) is 25.3. The van der Waals surface area contributed by atoms with Gasteiger partial charge in [-0.1, -0.05) is 54.6 Å². The molecule has 0 unspecified atom stereocenters. The van der Waals surface area contributed by atoms with Gasteiger partial charge in [0.15, 0.2) is 12.4 Å². The highest BCUT2D eigenvalue weighted by molar-refractivity contribution is 5.97. The Labute approximate surface area is 202 Å². The number of nitriles is 1. The Morgan fingerprint density at radius 3 is 2.49 bits per heavy atom. The first-order valence-corrected chi connectivity index (χ1v) is 10.8. The van der Waals surface area contributed by atoms with Crippen molar-refractivity contribution in [2.24, 2.45) is 0 Å². The van der Waals surface area contributed by atoms with Crippen LogP contribution in [-0.4, -0.2) is 28.3 Å². The van der Waals surface area contributed by atoms with Gasteiger partial charge in [0.1, 0.15) is 29.6 Å². The largest absolute Gasteiger partial charge is 0.488 e. The van der Waals surface area contributed by atoms with Gasteiger partial charge < -0.3 is 14.8 Å². The molecular weight excluding hydrogens is 444 g/mol. The van der Waals surface area contributed by atoms with Crippen LogP contribution in [0, 0.1) is 18.3 Å². The van der Waals surface area contributed by atoms with Gasteiger partial charge in [-0.3, -0.25) is 4.79 Å². The van der Waals surface area contributed by atoms with Crippen molar-refractivity contribution < 1.29 is 19.1 Å². The van der Waals surface area contributed by atoms with Crippen LogP contribution in [0.25, 0.3) is 5.69 Å². The molecule has 174 valence electrons. The lowest BCUT2D eigenvalue weighted by molar-refractivity contribution is -0.119. The number of amides is 1. The van der Waals surface area contributed by atoms with Gasteiger partial charge in [0.05, 0.1) is 11.9 Å². The van der Waals surface area contributed by atoms with Gasteiger partial charge in [0.2, 0.25) is 0 Å². The van der Waals surface area contributed by atoms with Crippen molar-refractivity contribution in [1.29, 1.82) is 5.26 Å². The number of carbonyl (C=O) groups excluding carboxylic acids is 2. The third-order valence-corrected chi connectivity index (χ3v) is 5.23. The zero-order valence-electron chi connectivity index (χ0n) is 19.0. The van der Waals surface area contributed by atoms with E-state index in [1.807, 2.05) is 55.5 Å². The molecule has 4 aromatic rings. The monoisotopic (exact) mass is 466 g/mol. The van der Waals surface area contributed by atoms with Crippen LogP contribution >= 0.6 is 0 Å². The van der Waals surface area contributed by atoms with Crippen molar-refractivity contribution in [3.05, 3.63) is 107 Å². The van der Waals surface area contributed by atoms with E-state index in [-0.39, 0.29) is 23.6 Å². The highest BCUT2D eigenvalue weighted by Gasteiger charge is 2.18. The number of carbonyl (C=O) groups is 2. The minimum absolute atomic E-state index is 0.184. The van der Waals surface area contributed by atoms with Gasteiger partial charge in [-0.2, -0.15) is 10.4 Å². The summed E-state index contributed by atoms with van der Waals surface area (Å²) in [6.45, 7) is 1.73. The van der Waals surface area contributed by atoms with Gasteiger partial charge in [-0.25, -0.2) is 9.48 Å². The van der Waals surface area contributed by atoms with E-state index in [0.717, 1.165) is 11.1 Å². The number of ether oxygens (including phenoxy) is 2. The average Bonchev–Trinajstić information content (AvgIpc) is 3.30. The SMILES string of the molecule is Cc1ccccc1COc1ccccc1C(=O)OCC(=O)Nc1c(C#N)cnn1-c1ccccc1. The molecule has 0 aliphatic rings. The minimum Gasteiger partial charge on any atom is -0.488 e. The summed E-state index contributed by atoms with van der Waals surface area (Å²) >= 11 is 0. The summed E-state index contributed by atoms with van der Waals surface area (Å²) < 4.78 is 12.5. The second-order valence-electron chi connectivity index (χ2n) is 7.60. The number of aryl methyl sites for hydroxylation is 1. The van der Waals surface area contributed by atoms with E-state index in [2.05, 4.69) is 10.4 Å². The van der Waals surface area contributed by atoms with Crippen molar-refractivity contribution >= 4 is 17.7 Å². The lowest BCUT2D eigenvalue weighted by atomic mass is 10.1. The molecule has 0 radical (unpaired) electrons. The predicted molar refractivity (Wildman–Crippen MR) is 129 cm³/mol. The average molecular weight is 466 g/mol. The zero-order valence-corrected chi connectivity index (χ0v) is 19.0. The van der Waals surface area contributed by atoms with Crippen LogP contribution in [0.1, 0.15) is 27.0 Å². The van der Waals surface area contributed by atoms with Crippen LogP contribution in [0.4, 0.5) is 5.82 Å². The molecule has 0 fully saturated rings. The number of anilines is 1. The van der Waals surface area contributed by atoms with Gasteiger partial charge in [-0.15, -0.1) is 0 Å². The Hall–Kier alpha value is -4.90. The second kappa shape index (κ2) is 10.8. The van der Waals surface area contributed by atoms with Crippen molar-refractivity contribution in [2.75, 3.05) is 11.9 Å². The molecule has 1 amide bonds. The highest BCUT2D eigenvalue weighted by atomic mass is 16.5. The first kappa shape index (κ1) is 23.3. The maximum Gasteiger partial charge on any atom is 0.342 e. The van der Waals surface area contributed by atoms with E-state index in [0.29, 0.717) is 11.4 Å². The quantitative estimate of drug-likeness (QED) is 0.385. The number of nitrogens with zero attached hydrogens (tertiary/aromatic N) is 3. The number of hydrogen-bond donors (Lipinski definition) is 1. The third-order valence-electron chi connectivity index (χ3n) is 5.23. The molecular formula is C27H22N4O4. The maximum absolute atomic E-state index is 12.7. The number of rotatable bonds is 8. The van der Waals surface area contributed by atoms with Gasteiger partial charge in [0.25, 0.3) is 5.91 Å². The van der Waals surface area contributed by atoms with Gasteiger partial charge in [-0.05, 0) is 42.3 Å². The van der Waals surface area contributed by atoms with E-state index < -0.39 is 18.5 Å². The molecule has 8 nitrogen and oxygen atoms in total. The molecule has 0 aliphatic heterocycles. The fourth-order valence-electron chi connectivity index (χ4n) is 3.38. The van der Waals surface area contributed by atoms with Crippen LogP contribution in [0.5, 0.6) is 5.75 Å². The molecule has 0 atom stereocenters. The minimum atomic E-state index is -0.697. The standard InChI is InChI=1S/C27H22N4O4/c1-19-9-5-6-10-20(19)17-34-24-14-8-7-13-23(24)27(33)35-18-25(32)30-26-21(15-28)16-29-31(26)22-11-3-2-4-12-22/h2-14,16H,17-18H2,1H3,(H,30,32). The Morgan fingerprint density at radius 2 is 1.71 bits per heavy atom. The Balaban J connectivity index is 1.41. The number of aromatic nitrogens is 2. The van der Waals surface area contributed by atoms with Crippen molar-refractivity contribution in [3.8, 4) is 17.5 Å². The molecule has 3 aromatic carbocycles. The van der Waals surface area contributed by atoms with Crippen LogP contribution in [0.3, 0.4) is 0 Å². The molecule has 0 saturated carbocycles. The van der Waals surface area contributed by atoms with Crippen molar-refractivity contribution in [1.82, 2.24) is 9.78 Å². The Bertz CT molecular complexity index is 1390. The molecule has 4 rings (SSSR count). The number of benzene rings is 3. The molecule has 1 heterocycles. The normalized spacial score (nSPS) is 10.3. The molecule has 8 heteroatoms. The lowest BCUT2D eigenvalue weighted by Crippen LogP contribution is -2.23. The van der Waals surface area contributed by atoms with Crippen molar-refractivity contribution in [2.45, 2.75) is 13.5 Å². The van der Waals surface area contributed by atoms with Crippen molar-refractivity contribution in [3.63, 3.8) is 0 Å². The third kappa shape index (κ3) is 5.54. The van der Waals surface area contributed by atoms with Crippen LogP contribution in [0.2, 0.25) is 0 Å². The lowest BCUT2D eigenvalue weighted by Gasteiger charge is -2.13.